The van der Waals surface area contributed by atoms with Crippen LogP contribution in [0.5, 0.6) is 5.75 Å². The molecular formula is C10H7ClN2O3S. The number of nitro benzene ring substituents is 1. The Morgan fingerprint density at radius 1 is 1.53 bits per heavy atom. The van der Waals surface area contributed by atoms with E-state index < -0.39 is 4.92 Å². The van der Waals surface area contributed by atoms with Crippen LogP contribution in [-0.4, -0.2) is 17.0 Å². The van der Waals surface area contributed by atoms with Gasteiger partial charge in [0, 0.05) is 23.2 Å². The number of rotatable bonds is 3. The maximum atomic E-state index is 10.8. The second kappa shape index (κ2) is 4.68. The van der Waals surface area contributed by atoms with Crippen molar-refractivity contribution in [2.45, 2.75) is 0 Å². The van der Waals surface area contributed by atoms with Crippen LogP contribution >= 0.6 is 22.9 Å². The lowest BCUT2D eigenvalue weighted by Gasteiger charge is -2.07. The average Bonchev–Trinajstić information content (AvgIpc) is 2.81. The van der Waals surface area contributed by atoms with Gasteiger partial charge in [0.1, 0.15) is 10.0 Å². The Hall–Kier alpha value is -1.66. The minimum atomic E-state index is -0.531. The van der Waals surface area contributed by atoms with Crippen molar-refractivity contribution in [2.24, 2.45) is 0 Å². The first-order valence-electron chi connectivity index (χ1n) is 4.56. The van der Waals surface area contributed by atoms with Crippen molar-refractivity contribution in [3.05, 3.63) is 38.8 Å². The second-order valence-electron chi connectivity index (χ2n) is 3.07. The van der Waals surface area contributed by atoms with E-state index in [1.807, 2.05) is 0 Å². The van der Waals surface area contributed by atoms with Crippen molar-refractivity contribution in [3.8, 4) is 16.3 Å². The van der Waals surface area contributed by atoms with Crippen molar-refractivity contribution in [2.75, 3.05) is 7.11 Å². The highest BCUT2D eigenvalue weighted by Gasteiger charge is 2.22. The van der Waals surface area contributed by atoms with Crippen molar-refractivity contribution in [3.63, 3.8) is 0 Å². The molecule has 0 N–H and O–H groups in total. The summed E-state index contributed by atoms with van der Waals surface area (Å²) in [4.78, 5) is 14.4. The molecule has 0 unspecified atom stereocenters. The van der Waals surface area contributed by atoms with E-state index in [0.29, 0.717) is 10.6 Å². The molecule has 0 saturated heterocycles. The molecule has 0 atom stereocenters. The Balaban J connectivity index is 2.62. The smallest absolute Gasteiger partial charge is 0.312 e. The molecule has 5 nitrogen and oxygen atoms in total. The number of ether oxygens (including phenoxy) is 1. The number of halogens is 1. The van der Waals surface area contributed by atoms with E-state index >= 15 is 0 Å². The first kappa shape index (κ1) is 11.8. The number of hydrogen-bond acceptors (Lipinski definition) is 5. The summed E-state index contributed by atoms with van der Waals surface area (Å²) >= 11 is 7.49. The van der Waals surface area contributed by atoms with Gasteiger partial charge >= 0.3 is 5.69 Å². The van der Waals surface area contributed by atoms with Crippen LogP contribution in [0.3, 0.4) is 0 Å². The summed E-state index contributed by atoms with van der Waals surface area (Å²) in [7, 11) is 1.35. The molecule has 7 heteroatoms. The van der Waals surface area contributed by atoms with Gasteiger partial charge in [0.05, 0.1) is 12.0 Å². The maximum absolute atomic E-state index is 10.8. The SMILES string of the molecule is COc1c([N+](=O)[O-])ccc(-c2nccs2)c1Cl. The molecule has 2 rings (SSSR count). The molecule has 1 aromatic carbocycles. The highest BCUT2D eigenvalue weighted by Crippen LogP contribution is 2.41. The van der Waals surface area contributed by atoms with Gasteiger partial charge in [0.2, 0.25) is 5.75 Å². The highest BCUT2D eigenvalue weighted by atomic mass is 35.5. The lowest BCUT2D eigenvalue weighted by Crippen LogP contribution is -1.95. The number of methoxy groups -OCH3 is 1. The summed E-state index contributed by atoms with van der Waals surface area (Å²) < 4.78 is 4.98. The molecule has 88 valence electrons. The van der Waals surface area contributed by atoms with Crippen LogP contribution in [0.4, 0.5) is 5.69 Å². The number of thiazole rings is 1. The molecule has 17 heavy (non-hydrogen) atoms. The molecule has 0 saturated carbocycles. The van der Waals surface area contributed by atoms with Crippen molar-refractivity contribution in [1.29, 1.82) is 0 Å². The Morgan fingerprint density at radius 3 is 2.82 bits per heavy atom. The van der Waals surface area contributed by atoms with Crippen LogP contribution in [0.2, 0.25) is 5.02 Å². The fourth-order valence-electron chi connectivity index (χ4n) is 1.41. The molecule has 0 fully saturated rings. The molecule has 1 aromatic heterocycles. The van der Waals surface area contributed by atoms with Gasteiger partial charge in [-0.15, -0.1) is 11.3 Å². The molecule has 2 aromatic rings. The zero-order valence-electron chi connectivity index (χ0n) is 8.71. The van der Waals surface area contributed by atoms with Gasteiger partial charge in [-0.25, -0.2) is 4.98 Å². The monoisotopic (exact) mass is 270 g/mol. The van der Waals surface area contributed by atoms with Gasteiger partial charge in [-0.3, -0.25) is 10.1 Å². The van der Waals surface area contributed by atoms with E-state index in [1.165, 1.54) is 24.5 Å². The second-order valence-corrected chi connectivity index (χ2v) is 4.35. The van der Waals surface area contributed by atoms with Crippen LogP contribution in [0.15, 0.2) is 23.7 Å². The normalized spacial score (nSPS) is 10.2. The summed E-state index contributed by atoms with van der Waals surface area (Å²) in [5.74, 6) is 0.0596. The van der Waals surface area contributed by atoms with Crippen LogP contribution in [0.1, 0.15) is 0 Å². The van der Waals surface area contributed by atoms with E-state index in [9.17, 15) is 10.1 Å². The molecule has 0 aliphatic carbocycles. The first-order chi connectivity index (χ1) is 8.15. The zero-order valence-corrected chi connectivity index (χ0v) is 10.3. The van der Waals surface area contributed by atoms with E-state index in [0.717, 1.165) is 0 Å². The van der Waals surface area contributed by atoms with E-state index in [4.69, 9.17) is 16.3 Å². The minimum absolute atomic E-state index is 0.0596. The Labute approximate surface area is 106 Å². The number of hydrogen-bond donors (Lipinski definition) is 0. The predicted molar refractivity (Wildman–Crippen MR) is 65.8 cm³/mol. The molecular weight excluding hydrogens is 264 g/mol. The summed E-state index contributed by atoms with van der Waals surface area (Å²) in [5, 5.41) is 13.5. The quantitative estimate of drug-likeness (QED) is 0.633. The fourth-order valence-corrected chi connectivity index (χ4v) is 2.46. The van der Waals surface area contributed by atoms with Crippen LogP contribution in [0.25, 0.3) is 10.6 Å². The van der Waals surface area contributed by atoms with Crippen LogP contribution in [-0.2, 0) is 0 Å². The van der Waals surface area contributed by atoms with Crippen molar-refractivity contribution < 1.29 is 9.66 Å². The number of nitrogens with zero attached hydrogens (tertiary/aromatic N) is 2. The van der Waals surface area contributed by atoms with E-state index in [2.05, 4.69) is 4.98 Å². The predicted octanol–water partition coefficient (Wildman–Crippen LogP) is 3.38. The Kier molecular flexibility index (Phi) is 3.26. The molecule has 0 aliphatic rings. The highest BCUT2D eigenvalue weighted by molar-refractivity contribution is 7.13. The standard InChI is InChI=1S/C10H7ClN2O3S/c1-16-9-7(13(14)15)3-2-6(8(9)11)10-12-4-5-17-10/h2-5H,1H3. The van der Waals surface area contributed by atoms with Gasteiger partial charge in [-0.1, -0.05) is 11.6 Å². The van der Waals surface area contributed by atoms with Gasteiger partial charge < -0.3 is 4.74 Å². The van der Waals surface area contributed by atoms with Gasteiger partial charge in [-0.05, 0) is 6.07 Å². The molecule has 1 heterocycles. The number of nitro groups is 1. The Bertz CT molecular complexity index is 557. The third-order valence-corrected chi connectivity index (χ3v) is 3.32. The summed E-state index contributed by atoms with van der Waals surface area (Å²) in [6.45, 7) is 0. The molecule has 0 amide bonds. The first-order valence-corrected chi connectivity index (χ1v) is 5.81. The van der Waals surface area contributed by atoms with Gasteiger partial charge in [-0.2, -0.15) is 0 Å². The fraction of sp³-hybridized carbons (Fsp3) is 0.100. The lowest BCUT2D eigenvalue weighted by atomic mass is 10.2. The lowest BCUT2D eigenvalue weighted by molar-refractivity contribution is -0.385. The molecule has 0 spiro atoms. The zero-order chi connectivity index (χ0) is 12.4. The Morgan fingerprint density at radius 2 is 2.29 bits per heavy atom. The summed E-state index contributed by atoms with van der Waals surface area (Å²) in [6, 6.07) is 2.93. The topological polar surface area (TPSA) is 65.3 Å². The average molecular weight is 271 g/mol. The van der Waals surface area contributed by atoms with Crippen molar-refractivity contribution in [1.82, 2.24) is 4.98 Å². The van der Waals surface area contributed by atoms with Crippen molar-refractivity contribution >= 4 is 28.6 Å². The molecule has 0 radical (unpaired) electrons. The van der Waals surface area contributed by atoms with E-state index in [-0.39, 0.29) is 16.5 Å². The van der Waals surface area contributed by atoms with Gasteiger partial charge in [0.25, 0.3) is 0 Å². The molecule has 0 bridgehead atoms. The number of aromatic nitrogens is 1. The van der Waals surface area contributed by atoms with E-state index in [1.54, 1.807) is 17.6 Å². The minimum Gasteiger partial charge on any atom is -0.489 e. The third kappa shape index (κ3) is 2.09. The number of benzene rings is 1. The molecule has 0 aliphatic heterocycles. The van der Waals surface area contributed by atoms with Crippen LogP contribution < -0.4 is 4.74 Å². The largest absolute Gasteiger partial charge is 0.489 e. The summed E-state index contributed by atoms with van der Waals surface area (Å²) in [5.41, 5.74) is 0.474. The maximum Gasteiger partial charge on any atom is 0.312 e. The van der Waals surface area contributed by atoms with Gasteiger partial charge in [0.15, 0.2) is 0 Å². The summed E-state index contributed by atoms with van der Waals surface area (Å²) in [6.07, 6.45) is 1.64. The van der Waals surface area contributed by atoms with Crippen LogP contribution in [0, 0.1) is 10.1 Å². The third-order valence-electron chi connectivity index (χ3n) is 2.14.